The van der Waals surface area contributed by atoms with Crippen LogP contribution in [-0.2, 0) is 6.54 Å². The van der Waals surface area contributed by atoms with Gasteiger partial charge in [0, 0.05) is 30.9 Å². The molecule has 2 atom stereocenters. The van der Waals surface area contributed by atoms with Crippen LogP contribution in [0.4, 0.5) is 5.82 Å². The van der Waals surface area contributed by atoms with E-state index in [1.165, 1.54) is 23.4 Å². The number of aromatic nitrogens is 1. The number of aryl methyl sites for hydroxylation is 2. The quantitative estimate of drug-likeness (QED) is 0.907. The van der Waals surface area contributed by atoms with Gasteiger partial charge in [-0.1, -0.05) is 13.8 Å². The van der Waals surface area contributed by atoms with E-state index in [1.54, 1.807) is 0 Å². The molecule has 0 spiro atoms. The second-order valence-corrected chi connectivity index (χ2v) is 6.10. The van der Waals surface area contributed by atoms with E-state index < -0.39 is 0 Å². The zero-order valence-corrected chi connectivity index (χ0v) is 13.0. The first kappa shape index (κ1) is 14.3. The summed E-state index contributed by atoms with van der Waals surface area (Å²) < 4.78 is 0. The number of piperidine rings is 1. The van der Waals surface area contributed by atoms with Gasteiger partial charge in [0.05, 0.1) is 0 Å². The molecule has 1 aromatic heterocycles. The summed E-state index contributed by atoms with van der Waals surface area (Å²) in [5, 5.41) is 3.28. The molecule has 1 saturated heterocycles. The molecule has 1 aliphatic rings. The van der Waals surface area contributed by atoms with E-state index >= 15 is 0 Å². The van der Waals surface area contributed by atoms with E-state index in [4.69, 9.17) is 4.98 Å². The van der Waals surface area contributed by atoms with Crippen LogP contribution in [0.5, 0.6) is 0 Å². The van der Waals surface area contributed by atoms with Gasteiger partial charge in [0.15, 0.2) is 0 Å². The van der Waals surface area contributed by atoms with E-state index in [0.717, 1.165) is 37.2 Å². The van der Waals surface area contributed by atoms with Crippen molar-refractivity contribution in [1.29, 1.82) is 0 Å². The predicted octanol–water partition coefficient (Wildman–Crippen LogP) is 2.90. The van der Waals surface area contributed by atoms with Gasteiger partial charge in [-0.15, -0.1) is 0 Å². The highest BCUT2D eigenvalue weighted by Gasteiger charge is 2.25. The topological polar surface area (TPSA) is 28.2 Å². The maximum Gasteiger partial charge on any atom is 0.133 e. The lowest BCUT2D eigenvalue weighted by atomic mass is 9.88. The van der Waals surface area contributed by atoms with Crippen molar-refractivity contribution in [3.8, 4) is 0 Å². The average molecular weight is 261 g/mol. The first-order valence-corrected chi connectivity index (χ1v) is 7.39. The van der Waals surface area contributed by atoms with Crippen LogP contribution < -0.4 is 10.2 Å². The summed E-state index contributed by atoms with van der Waals surface area (Å²) in [7, 11) is 2.00. The van der Waals surface area contributed by atoms with Crippen molar-refractivity contribution in [2.24, 2.45) is 11.8 Å². The first-order chi connectivity index (χ1) is 9.02. The minimum Gasteiger partial charge on any atom is -0.356 e. The van der Waals surface area contributed by atoms with Crippen molar-refractivity contribution in [2.45, 2.75) is 40.7 Å². The van der Waals surface area contributed by atoms with E-state index in [0.29, 0.717) is 0 Å². The molecule has 2 heterocycles. The van der Waals surface area contributed by atoms with Gasteiger partial charge in [-0.05, 0) is 50.8 Å². The van der Waals surface area contributed by atoms with Crippen LogP contribution in [-0.4, -0.2) is 25.1 Å². The zero-order chi connectivity index (χ0) is 14.0. The maximum absolute atomic E-state index is 4.82. The minimum absolute atomic E-state index is 0.749. The molecule has 106 valence electrons. The van der Waals surface area contributed by atoms with Crippen LogP contribution in [0.25, 0.3) is 0 Å². The van der Waals surface area contributed by atoms with Crippen LogP contribution >= 0.6 is 0 Å². The van der Waals surface area contributed by atoms with Gasteiger partial charge in [-0.25, -0.2) is 4.98 Å². The number of nitrogens with zero attached hydrogens (tertiary/aromatic N) is 2. The third-order valence-electron chi connectivity index (χ3n) is 4.44. The van der Waals surface area contributed by atoms with Crippen molar-refractivity contribution >= 4 is 5.82 Å². The second-order valence-electron chi connectivity index (χ2n) is 6.10. The molecular weight excluding hydrogens is 234 g/mol. The van der Waals surface area contributed by atoms with Gasteiger partial charge in [-0.3, -0.25) is 0 Å². The Balaban J connectivity index is 2.32. The summed E-state index contributed by atoms with van der Waals surface area (Å²) in [6, 6.07) is 2.19. The van der Waals surface area contributed by atoms with Gasteiger partial charge in [0.2, 0.25) is 0 Å². The molecule has 3 heteroatoms. The number of rotatable bonds is 3. The highest BCUT2D eigenvalue weighted by molar-refractivity contribution is 5.52. The summed E-state index contributed by atoms with van der Waals surface area (Å²) in [5.74, 6) is 2.78. The molecule has 1 N–H and O–H groups in total. The van der Waals surface area contributed by atoms with Crippen molar-refractivity contribution in [3.63, 3.8) is 0 Å². The monoisotopic (exact) mass is 261 g/mol. The molecule has 1 aromatic rings. The Morgan fingerprint density at radius 3 is 2.68 bits per heavy atom. The molecule has 1 fully saturated rings. The summed E-state index contributed by atoms with van der Waals surface area (Å²) in [5.41, 5.74) is 3.83. The SMILES string of the molecule is CNCc1c(C)cc(C)nc1N1CCC(C)C(C)C1. The molecule has 0 aliphatic carbocycles. The fraction of sp³-hybridized carbons (Fsp3) is 0.688. The molecule has 0 aromatic carbocycles. The molecule has 2 rings (SSSR count). The average Bonchev–Trinajstić information content (AvgIpc) is 2.36. The Morgan fingerprint density at radius 1 is 1.32 bits per heavy atom. The summed E-state index contributed by atoms with van der Waals surface area (Å²) >= 11 is 0. The number of pyridine rings is 1. The largest absolute Gasteiger partial charge is 0.356 e. The lowest BCUT2D eigenvalue weighted by molar-refractivity contribution is 0.322. The van der Waals surface area contributed by atoms with Crippen molar-refractivity contribution < 1.29 is 0 Å². The van der Waals surface area contributed by atoms with Gasteiger partial charge in [0.1, 0.15) is 5.82 Å². The van der Waals surface area contributed by atoms with Crippen LogP contribution in [0, 0.1) is 25.7 Å². The van der Waals surface area contributed by atoms with E-state index in [2.05, 4.69) is 44.0 Å². The van der Waals surface area contributed by atoms with E-state index in [9.17, 15) is 0 Å². The lowest BCUT2D eigenvalue weighted by Gasteiger charge is -2.37. The Bertz CT molecular complexity index is 442. The maximum atomic E-state index is 4.82. The smallest absolute Gasteiger partial charge is 0.133 e. The Labute approximate surface area is 117 Å². The van der Waals surface area contributed by atoms with Gasteiger partial charge >= 0.3 is 0 Å². The second kappa shape index (κ2) is 5.91. The highest BCUT2D eigenvalue weighted by Crippen LogP contribution is 2.29. The summed E-state index contributed by atoms with van der Waals surface area (Å²) in [4.78, 5) is 7.31. The van der Waals surface area contributed by atoms with Crippen molar-refractivity contribution in [3.05, 3.63) is 22.9 Å². The van der Waals surface area contributed by atoms with Crippen LogP contribution in [0.15, 0.2) is 6.07 Å². The number of hydrogen-bond acceptors (Lipinski definition) is 3. The lowest BCUT2D eigenvalue weighted by Crippen LogP contribution is -2.39. The number of nitrogens with one attached hydrogen (secondary N) is 1. The number of anilines is 1. The van der Waals surface area contributed by atoms with E-state index in [-0.39, 0.29) is 0 Å². The van der Waals surface area contributed by atoms with Crippen LogP contribution in [0.2, 0.25) is 0 Å². The third-order valence-corrected chi connectivity index (χ3v) is 4.44. The molecule has 0 radical (unpaired) electrons. The van der Waals surface area contributed by atoms with Crippen molar-refractivity contribution in [2.75, 3.05) is 25.0 Å². The summed E-state index contributed by atoms with van der Waals surface area (Å²) in [6.45, 7) is 12.2. The fourth-order valence-electron chi connectivity index (χ4n) is 2.96. The molecule has 3 nitrogen and oxygen atoms in total. The van der Waals surface area contributed by atoms with E-state index in [1.807, 2.05) is 7.05 Å². The molecule has 0 amide bonds. The van der Waals surface area contributed by atoms with Gasteiger partial charge < -0.3 is 10.2 Å². The fourth-order valence-corrected chi connectivity index (χ4v) is 2.96. The first-order valence-electron chi connectivity index (χ1n) is 7.39. The molecular formula is C16H27N3. The molecule has 0 saturated carbocycles. The molecule has 1 aliphatic heterocycles. The number of hydrogen-bond donors (Lipinski definition) is 1. The minimum atomic E-state index is 0.749. The Kier molecular flexibility index (Phi) is 4.46. The van der Waals surface area contributed by atoms with Crippen LogP contribution in [0.1, 0.15) is 37.1 Å². The standard InChI is InChI=1S/C16H27N3/c1-11-6-7-19(10-13(11)3)16-15(9-17-5)12(2)8-14(4)18-16/h8,11,13,17H,6-7,9-10H2,1-5H3. The van der Waals surface area contributed by atoms with Crippen molar-refractivity contribution in [1.82, 2.24) is 10.3 Å². The predicted molar refractivity (Wildman–Crippen MR) is 81.6 cm³/mol. The Hall–Kier alpha value is -1.09. The zero-order valence-electron chi connectivity index (χ0n) is 13.0. The summed E-state index contributed by atoms with van der Waals surface area (Å²) in [6.07, 6.45) is 1.27. The van der Waals surface area contributed by atoms with Gasteiger partial charge in [-0.2, -0.15) is 0 Å². The molecule has 2 unspecified atom stereocenters. The third kappa shape index (κ3) is 3.08. The molecule has 19 heavy (non-hydrogen) atoms. The van der Waals surface area contributed by atoms with Gasteiger partial charge in [0.25, 0.3) is 0 Å². The Morgan fingerprint density at radius 2 is 2.05 bits per heavy atom. The highest BCUT2D eigenvalue weighted by atomic mass is 15.2. The molecule has 0 bridgehead atoms. The van der Waals surface area contributed by atoms with Crippen LogP contribution in [0.3, 0.4) is 0 Å². The normalized spacial score (nSPS) is 23.7.